The van der Waals surface area contributed by atoms with Gasteiger partial charge in [0.1, 0.15) is 5.75 Å². The zero-order valence-electron chi connectivity index (χ0n) is 21.6. The van der Waals surface area contributed by atoms with Gasteiger partial charge in [0, 0.05) is 0 Å². The van der Waals surface area contributed by atoms with Crippen molar-refractivity contribution in [3.8, 4) is 17.2 Å². The number of sulfonamides is 1. The maximum atomic E-state index is 13.9. The molecule has 0 fully saturated rings. The molecule has 0 saturated carbocycles. The molecule has 4 aromatic carbocycles. The van der Waals surface area contributed by atoms with Gasteiger partial charge in [0.2, 0.25) is 0 Å². The first kappa shape index (κ1) is 28.7. The number of rotatable bonds is 10. The van der Waals surface area contributed by atoms with Crippen molar-refractivity contribution in [2.75, 3.05) is 18.5 Å². The van der Waals surface area contributed by atoms with E-state index in [1.807, 2.05) is 30.3 Å². The van der Waals surface area contributed by atoms with E-state index in [9.17, 15) is 18.3 Å². The molecule has 0 radical (unpaired) electrons. The molecule has 0 spiro atoms. The van der Waals surface area contributed by atoms with Gasteiger partial charge in [-0.15, -0.1) is 0 Å². The minimum Gasteiger partial charge on any atom is -0.503 e. The number of aromatic hydroxyl groups is 1. The van der Waals surface area contributed by atoms with Crippen molar-refractivity contribution < 1.29 is 27.8 Å². The topological polar surface area (TPSA) is 118 Å². The number of halogens is 1. The summed E-state index contributed by atoms with van der Waals surface area (Å²) < 4.78 is 39.7. The van der Waals surface area contributed by atoms with Gasteiger partial charge in [-0.05, 0) is 75.6 Å². The van der Waals surface area contributed by atoms with Gasteiger partial charge in [0.15, 0.2) is 11.5 Å². The van der Waals surface area contributed by atoms with Crippen LogP contribution in [0.2, 0.25) is 0 Å². The predicted molar refractivity (Wildman–Crippen MR) is 157 cm³/mol. The highest BCUT2D eigenvalue weighted by atomic mass is 79.9. The number of ether oxygens (including phenoxy) is 2. The number of phenols is 1. The minimum atomic E-state index is -4.10. The number of hydrogen-bond donors (Lipinski definition) is 2. The summed E-state index contributed by atoms with van der Waals surface area (Å²) in [5.74, 6) is 0.0751. The monoisotopic (exact) mass is 623 g/mol. The summed E-state index contributed by atoms with van der Waals surface area (Å²) >= 11 is 3.25. The van der Waals surface area contributed by atoms with E-state index in [1.165, 1.54) is 42.9 Å². The summed E-state index contributed by atoms with van der Waals surface area (Å²) in [4.78, 5) is 13.3. The summed E-state index contributed by atoms with van der Waals surface area (Å²) in [7, 11) is -1.18. The van der Waals surface area contributed by atoms with Crippen molar-refractivity contribution in [1.29, 1.82) is 0 Å². The van der Waals surface area contributed by atoms with Gasteiger partial charge in [-0.25, -0.2) is 13.8 Å². The summed E-state index contributed by atoms with van der Waals surface area (Å²) in [5, 5.41) is 14.0. The second-order valence-corrected chi connectivity index (χ2v) is 11.2. The molecule has 1 amide bonds. The summed E-state index contributed by atoms with van der Waals surface area (Å²) in [6, 6.07) is 24.7. The van der Waals surface area contributed by atoms with Crippen molar-refractivity contribution >= 4 is 43.8 Å². The second-order valence-electron chi connectivity index (χ2n) is 8.44. The predicted octanol–water partition coefficient (Wildman–Crippen LogP) is 5.33. The molecule has 0 unspecified atom stereocenters. The number of para-hydroxylation sites is 1. The molecule has 4 rings (SSSR count). The molecule has 2 N–H and O–H groups in total. The first-order valence-electron chi connectivity index (χ1n) is 11.9. The Kier molecular flexibility index (Phi) is 9.08. The number of amides is 1. The normalized spacial score (nSPS) is 11.3. The van der Waals surface area contributed by atoms with E-state index < -0.39 is 15.9 Å². The molecule has 0 aliphatic rings. The molecule has 0 atom stereocenters. The average molecular weight is 625 g/mol. The Bertz CT molecular complexity index is 1630. The smallest absolute Gasteiger partial charge is 0.273 e. The van der Waals surface area contributed by atoms with Crippen LogP contribution in [-0.4, -0.2) is 39.9 Å². The molecular weight excluding hydrogens is 598 g/mol. The largest absolute Gasteiger partial charge is 0.503 e. The number of nitrogens with zero attached hydrogens (tertiary/aromatic N) is 2. The molecule has 0 heterocycles. The molecule has 11 heteroatoms. The highest BCUT2D eigenvalue weighted by Gasteiger charge is 2.28. The number of benzene rings is 4. The molecule has 4 aromatic rings. The van der Waals surface area contributed by atoms with Crippen molar-refractivity contribution in [3.63, 3.8) is 0 Å². The van der Waals surface area contributed by atoms with Gasteiger partial charge in [-0.1, -0.05) is 42.5 Å². The second kappa shape index (κ2) is 12.7. The minimum absolute atomic E-state index is 0.00983. The van der Waals surface area contributed by atoms with E-state index in [0.29, 0.717) is 15.8 Å². The van der Waals surface area contributed by atoms with E-state index in [1.54, 1.807) is 42.5 Å². The quantitative estimate of drug-likeness (QED) is 0.182. The van der Waals surface area contributed by atoms with Crippen LogP contribution in [0.15, 0.2) is 105 Å². The fourth-order valence-corrected chi connectivity index (χ4v) is 5.79. The average Bonchev–Trinajstić information content (AvgIpc) is 2.98. The van der Waals surface area contributed by atoms with Crippen molar-refractivity contribution in [2.24, 2.45) is 5.10 Å². The SMILES string of the molecule is COc1ccc(S(=O)(=O)N(Cc2ccccc2)c2ccccc2C(=O)N/N=C\c2cc(Br)c(O)c(OC)c2)cc1. The number of hydrogen-bond acceptors (Lipinski definition) is 7. The Labute approximate surface area is 240 Å². The molecule has 9 nitrogen and oxygen atoms in total. The third-order valence-electron chi connectivity index (χ3n) is 5.88. The molecular formula is C29H26BrN3O6S. The lowest BCUT2D eigenvalue weighted by molar-refractivity contribution is 0.0955. The lowest BCUT2D eigenvalue weighted by Crippen LogP contribution is -2.33. The lowest BCUT2D eigenvalue weighted by atomic mass is 10.1. The molecule has 0 aliphatic carbocycles. The fraction of sp³-hybridized carbons (Fsp3) is 0.103. The van der Waals surface area contributed by atoms with Crippen LogP contribution in [0.5, 0.6) is 17.2 Å². The lowest BCUT2D eigenvalue weighted by Gasteiger charge is -2.26. The Balaban J connectivity index is 1.69. The van der Waals surface area contributed by atoms with E-state index in [-0.39, 0.29) is 34.2 Å². The van der Waals surface area contributed by atoms with Gasteiger partial charge in [-0.3, -0.25) is 9.10 Å². The Morgan fingerprint density at radius 2 is 1.65 bits per heavy atom. The molecule has 0 aromatic heterocycles. The van der Waals surface area contributed by atoms with Crippen LogP contribution in [-0.2, 0) is 16.6 Å². The zero-order chi connectivity index (χ0) is 28.7. The Morgan fingerprint density at radius 1 is 0.975 bits per heavy atom. The van der Waals surface area contributed by atoms with E-state index in [2.05, 4.69) is 26.5 Å². The summed E-state index contributed by atoms with van der Waals surface area (Å²) in [5.41, 5.74) is 4.03. The number of carbonyl (C=O) groups excluding carboxylic acids is 1. The van der Waals surface area contributed by atoms with Gasteiger partial charge in [0.05, 0.1) is 47.6 Å². The highest BCUT2D eigenvalue weighted by Crippen LogP contribution is 2.35. The molecule has 0 aliphatic heterocycles. The molecule has 0 saturated heterocycles. The highest BCUT2D eigenvalue weighted by molar-refractivity contribution is 9.10. The van der Waals surface area contributed by atoms with E-state index in [4.69, 9.17) is 9.47 Å². The number of methoxy groups -OCH3 is 2. The van der Waals surface area contributed by atoms with Gasteiger partial charge < -0.3 is 14.6 Å². The third-order valence-corrected chi connectivity index (χ3v) is 8.26. The Hall–Kier alpha value is -4.35. The first-order valence-corrected chi connectivity index (χ1v) is 14.2. The van der Waals surface area contributed by atoms with Crippen LogP contribution in [0.4, 0.5) is 5.69 Å². The molecule has 0 bridgehead atoms. The zero-order valence-corrected chi connectivity index (χ0v) is 24.0. The first-order chi connectivity index (χ1) is 19.2. The number of nitrogens with one attached hydrogen (secondary N) is 1. The van der Waals surface area contributed by atoms with Crippen LogP contribution in [0.1, 0.15) is 21.5 Å². The van der Waals surface area contributed by atoms with Gasteiger partial charge >= 0.3 is 0 Å². The maximum Gasteiger partial charge on any atom is 0.273 e. The van der Waals surface area contributed by atoms with Crippen LogP contribution in [0.25, 0.3) is 0 Å². The van der Waals surface area contributed by atoms with Crippen LogP contribution >= 0.6 is 15.9 Å². The summed E-state index contributed by atoms with van der Waals surface area (Å²) in [6.07, 6.45) is 1.38. The summed E-state index contributed by atoms with van der Waals surface area (Å²) in [6.45, 7) is -0.00983. The van der Waals surface area contributed by atoms with E-state index >= 15 is 0 Å². The fourth-order valence-electron chi connectivity index (χ4n) is 3.86. The third kappa shape index (κ3) is 6.44. The van der Waals surface area contributed by atoms with E-state index in [0.717, 1.165) is 5.56 Å². The number of hydrazone groups is 1. The Morgan fingerprint density at radius 3 is 2.33 bits per heavy atom. The number of anilines is 1. The van der Waals surface area contributed by atoms with Crippen molar-refractivity contribution in [1.82, 2.24) is 5.43 Å². The van der Waals surface area contributed by atoms with Gasteiger partial charge in [0.25, 0.3) is 15.9 Å². The van der Waals surface area contributed by atoms with Crippen LogP contribution in [0.3, 0.4) is 0 Å². The van der Waals surface area contributed by atoms with Crippen LogP contribution < -0.4 is 19.2 Å². The molecule has 206 valence electrons. The number of phenolic OH excluding ortho intramolecular Hbond substituents is 1. The van der Waals surface area contributed by atoms with Gasteiger partial charge in [-0.2, -0.15) is 5.10 Å². The van der Waals surface area contributed by atoms with Crippen molar-refractivity contribution in [3.05, 3.63) is 112 Å². The van der Waals surface area contributed by atoms with Crippen molar-refractivity contribution in [2.45, 2.75) is 11.4 Å². The molecule has 40 heavy (non-hydrogen) atoms. The van der Waals surface area contributed by atoms with Crippen LogP contribution in [0, 0.1) is 0 Å². The maximum absolute atomic E-state index is 13.9. The standard InChI is InChI=1S/C29H26BrN3O6S/c1-38-22-12-14-23(15-13-22)40(36,37)33(19-20-8-4-3-5-9-20)26-11-7-6-10-24(26)29(35)32-31-18-21-16-25(30)28(34)27(17-21)39-2/h3-18,34H,19H2,1-2H3,(H,32,35)/b31-18-. The number of carbonyl (C=O) groups is 1.